The molecule has 35 heavy (non-hydrogen) atoms. The molecule has 1 aliphatic rings. The Bertz CT molecular complexity index is 1100. The Labute approximate surface area is 206 Å². The Morgan fingerprint density at radius 1 is 1.06 bits per heavy atom. The molecule has 1 aliphatic heterocycles. The van der Waals surface area contributed by atoms with Gasteiger partial charge >= 0.3 is 0 Å². The molecule has 1 amide bonds. The maximum Gasteiger partial charge on any atom is 0.241 e. The van der Waals surface area contributed by atoms with Crippen LogP contribution in [0.5, 0.6) is 11.5 Å². The van der Waals surface area contributed by atoms with Gasteiger partial charge < -0.3 is 19.3 Å². The number of benzene rings is 2. The van der Waals surface area contributed by atoms with Crippen LogP contribution in [0.4, 0.5) is 0 Å². The van der Waals surface area contributed by atoms with Crippen LogP contribution in [0.25, 0.3) is 11.4 Å². The number of likely N-dealkylation sites (tertiary alicyclic amines) is 1. The topological polar surface area (TPSA) is 89.7 Å². The van der Waals surface area contributed by atoms with Crippen molar-refractivity contribution in [1.82, 2.24) is 20.4 Å². The third-order valence-corrected chi connectivity index (χ3v) is 6.17. The molecule has 1 N–H and O–H groups in total. The van der Waals surface area contributed by atoms with Gasteiger partial charge in [-0.1, -0.05) is 41.1 Å². The number of ether oxygens (including phenoxy) is 2. The SMILES string of the molecule is CCOc1ccc(CNC(=O)C2CCN(Cc3nc(-c4ccc(C)cc4)no3)CC2)cc1OCC. The van der Waals surface area contributed by atoms with E-state index in [1.165, 1.54) is 5.56 Å². The van der Waals surface area contributed by atoms with Gasteiger partial charge in [0.25, 0.3) is 0 Å². The maximum absolute atomic E-state index is 12.8. The molecule has 186 valence electrons. The van der Waals surface area contributed by atoms with Crippen molar-refractivity contribution in [2.24, 2.45) is 5.92 Å². The van der Waals surface area contributed by atoms with Crippen LogP contribution in [0.15, 0.2) is 47.0 Å². The van der Waals surface area contributed by atoms with Gasteiger partial charge in [0.1, 0.15) is 0 Å². The van der Waals surface area contributed by atoms with E-state index in [0.29, 0.717) is 43.8 Å². The Morgan fingerprint density at radius 3 is 2.49 bits per heavy atom. The van der Waals surface area contributed by atoms with Crippen LogP contribution in [-0.2, 0) is 17.9 Å². The molecule has 0 aliphatic carbocycles. The first-order chi connectivity index (χ1) is 17.1. The number of aromatic nitrogens is 2. The van der Waals surface area contributed by atoms with Crippen molar-refractivity contribution in [3.05, 3.63) is 59.5 Å². The lowest BCUT2D eigenvalue weighted by molar-refractivity contribution is -0.126. The number of piperidine rings is 1. The highest BCUT2D eigenvalue weighted by Crippen LogP contribution is 2.28. The molecular formula is C27H34N4O4. The Morgan fingerprint density at radius 2 is 1.77 bits per heavy atom. The van der Waals surface area contributed by atoms with E-state index in [1.54, 1.807) is 0 Å². The molecule has 1 fully saturated rings. The lowest BCUT2D eigenvalue weighted by Crippen LogP contribution is -2.40. The molecule has 8 nitrogen and oxygen atoms in total. The smallest absolute Gasteiger partial charge is 0.241 e. The summed E-state index contributed by atoms with van der Waals surface area (Å²) in [5.74, 6) is 2.74. The van der Waals surface area contributed by atoms with Crippen molar-refractivity contribution in [2.45, 2.75) is 46.7 Å². The van der Waals surface area contributed by atoms with Gasteiger partial charge in [0, 0.05) is 18.0 Å². The van der Waals surface area contributed by atoms with Gasteiger partial charge in [0.15, 0.2) is 11.5 Å². The minimum atomic E-state index is 0.00566. The van der Waals surface area contributed by atoms with E-state index in [9.17, 15) is 4.79 Å². The van der Waals surface area contributed by atoms with Gasteiger partial charge in [-0.15, -0.1) is 0 Å². The van der Waals surface area contributed by atoms with Crippen LogP contribution in [0.2, 0.25) is 0 Å². The summed E-state index contributed by atoms with van der Waals surface area (Å²) in [5, 5.41) is 7.20. The molecule has 0 saturated carbocycles. The lowest BCUT2D eigenvalue weighted by atomic mass is 9.96. The summed E-state index contributed by atoms with van der Waals surface area (Å²) in [4.78, 5) is 19.6. The molecule has 2 heterocycles. The van der Waals surface area contributed by atoms with Gasteiger partial charge in [0.05, 0.1) is 19.8 Å². The minimum Gasteiger partial charge on any atom is -0.490 e. The second kappa shape index (κ2) is 11.8. The molecule has 0 atom stereocenters. The highest BCUT2D eigenvalue weighted by molar-refractivity contribution is 5.78. The first-order valence-corrected chi connectivity index (χ1v) is 12.3. The van der Waals surface area contributed by atoms with E-state index < -0.39 is 0 Å². The first-order valence-electron chi connectivity index (χ1n) is 12.3. The summed E-state index contributed by atoms with van der Waals surface area (Å²) in [6, 6.07) is 13.9. The first kappa shape index (κ1) is 24.7. The predicted octanol–water partition coefficient (Wildman–Crippen LogP) is 4.37. The van der Waals surface area contributed by atoms with E-state index in [1.807, 2.05) is 63.2 Å². The monoisotopic (exact) mass is 478 g/mol. The number of nitrogens with one attached hydrogen (secondary N) is 1. The zero-order chi connectivity index (χ0) is 24.6. The summed E-state index contributed by atoms with van der Waals surface area (Å²) < 4.78 is 16.8. The highest BCUT2D eigenvalue weighted by Gasteiger charge is 2.26. The van der Waals surface area contributed by atoms with Crippen molar-refractivity contribution in [1.29, 1.82) is 0 Å². The summed E-state index contributed by atoms with van der Waals surface area (Å²) >= 11 is 0. The minimum absolute atomic E-state index is 0.00566. The van der Waals surface area contributed by atoms with Gasteiger partial charge in [-0.25, -0.2) is 0 Å². The number of amides is 1. The van der Waals surface area contributed by atoms with E-state index in [-0.39, 0.29) is 11.8 Å². The Kier molecular flexibility index (Phi) is 8.36. The van der Waals surface area contributed by atoms with Crippen molar-refractivity contribution in [2.75, 3.05) is 26.3 Å². The van der Waals surface area contributed by atoms with Gasteiger partial charge in [-0.2, -0.15) is 4.98 Å². The molecule has 0 bridgehead atoms. The van der Waals surface area contributed by atoms with Gasteiger partial charge in [-0.3, -0.25) is 9.69 Å². The number of aryl methyl sites for hydroxylation is 1. The summed E-state index contributed by atoms with van der Waals surface area (Å²) in [5.41, 5.74) is 3.13. The number of rotatable bonds is 10. The molecule has 8 heteroatoms. The zero-order valence-corrected chi connectivity index (χ0v) is 20.8. The molecule has 2 aromatic carbocycles. The highest BCUT2D eigenvalue weighted by atomic mass is 16.5. The Hall–Kier alpha value is -3.39. The largest absolute Gasteiger partial charge is 0.490 e. The van der Waals surface area contributed by atoms with Crippen LogP contribution >= 0.6 is 0 Å². The molecule has 4 rings (SSSR count). The van der Waals surface area contributed by atoms with Crippen LogP contribution in [0.1, 0.15) is 43.7 Å². The molecular weight excluding hydrogens is 444 g/mol. The van der Waals surface area contributed by atoms with Crippen molar-refractivity contribution >= 4 is 5.91 Å². The van der Waals surface area contributed by atoms with E-state index >= 15 is 0 Å². The summed E-state index contributed by atoms with van der Waals surface area (Å²) in [7, 11) is 0. The van der Waals surface area contributed by atoms with Crippen molar-refractivity contribution < 1.29 is 18.8 Å². The number of carbonyl (C=O) groups excluding carboxylic acids is 1. The quantitative estimate of drug-likeness (QED) is 0.463. The number of nitrogens with zero attached hydrogens (tertiary/aromatic N) is 3. The van der Waals surface area contributed by atoms with Crippen LogP contribution < -0.4 is 14.8 Å². The van der Waals surface area contributed by atoms with E-state index in [2.05, 4.69) is 20.4 Å². The third-order valence-electron chi connectivity index (χ3n) is 6.17. The normalized spacial score (nSPS) is 14.6. The van der Waals surface area contributed by atoms with E-state index in [0.717, 1.165) is 42.8 Å². The number of carbonyl (C=O) groups is 1. The molecule has 0 radical (unpaired) electrons. The second-order valence-electron chi connectivity index (χ2n) is 8.79. The van der Waals surface area contributed by atoms with Crippen molar-refractivity contribution in [3.63, 3.8) is 0 Å². The van der Waals surface area contributed by atoms with Crippen molar-refractivity contribution in [3.8, 4) is 22.9 Å². The molecule has 0 unspecified atom stereocenters. The van der Waals surface area contributed by atoms with Crippen LogP contribution in [0.3, 0.4) is 0 Å². The molecule has 3 aromatic rings. The average molecular weight is 479 g/mol. The standard InChI is InChI=1S/C27H34N4O4/c1-4-33-23-11-8-20(16-24(23)34-5-2)17-28-27(32)22-12-14-31(15-13-22)18-25-29-26(30-35-25)21-9-6-19(3)7-10-21/h6-11,16,22H,4-5,12-15,17-18H2,1-3H3,(H,28,32). The maximum atomic E-state index is 12.8. The zero-order valence-electron chi connectivity index (χ0n) is 20.8. The molecule has 0 spiro atoms. The Balaban J connectivity index is 1.24. The third kappa shape index (κ3) is 6.60. The predicted molar refractivity (Wildman–Crippen MR) is 133 cm³/mol. The summed E-state index contributed by atoms with van der Waals surface area (Å²) in [6.45, 7) is 9.77. The fraction of sp³-hybridized carbons (Fsp3) is 0.444. The fourth-order valence-corrected chi connectivity index (χ4v) is 4.22. The van der Waals surface area contributed by atoms with Gasteiger partial charge in [0.2, 0.25) is 17.6 Å². The summed E-state index contributed by atoms with van der Waals surface area (Å²) in [6.07, 6.45) is 1.61. The number of hydrogen-bond donors (Lipinski definition) is 1. The van der Waals surface area contributed by atoms with Gasteiger partial charge in [-0.05, 0) is 64.4 Å². The van der Waals surface area contributed by atoms with E-state index in [4.69, 9.17) is 14.0 Å². The number of hydrogen-bond acceptors (Lipinski definition) is 7. The second-order valence-corrected chi connectivity index (χ2v) is 8.79. The fourth-order valence-electron chi connectivity index (χ4n) is 4.22. The lowest BCUT2D eigenvalue weighted by Gasteiger charge is -2.30. The molecule has 1 saturated heterocycles. The van der Waals surface area contributed by atoms with Crippen LogP contribution in [-0.4, -0.2) is 47.3 Å². The molecule has 1 aromatic heterocycles. The average Bonchev–Trinajstić information content (AvgIpc) is 3.33. The van der Waals surface area contributed by atoms with Crippen LogP contribution in [0, 0.1) is 12.8 Å².